The number of ketones is 1. The fourth-order valence-electron chi connectivity index (χ4n) is 4.40. The first kappa shape index (κ1) is 27.6. The first-order valence-corrected chi connectivity index (χ1v) is 13.1. The second-order valence-electron chi connectivity index (χ2n) is 8.95. The molecule has 0 saturated heterocycles. The number of ether oxygens (including phenoxy) is 1. The molecule has 2 aromatic carbocycles. The zero-order valence-corrected chi connectivity index (χ0v) is 22.4. The summed E-state index contributed by atoms with van der Waals surface area (Å²) in [6.07, 6.45) is 3.94. The summed E-state index contributed by atoms with van der Waals surface area (Å²) in [4.78, 5) is 42.4. The molecule has 1 saturated carbocycles. The average molecular weight is 555 g/mol. The van der Waals surface area contributed by atoms with E-state index in [0.29, 0.717) is 65.8 Å². The molecular weight excluding hydrogens is 527 g/mol. The average Bonchev–Trinajstić information content (AvgIpc) is 2.91. The van der Waals surface area contributed by atoms with Crippen molar-refractivity contribution in [3.8, 4) is 5.75 Å². The lowest BCUT2D eigenvalue weighted by atomic mass is 9.95. The zero-order chi connectivity index (χ0) is 27.2. The van der Waals surface area contributed by atoms with Crippen LogP contribution in [0, 0.1) is 0 Å². The van der Waals surface area contributed by atoms with Gasteiger partial charge < -0.3 is 21.1 Å². The van der Waals surface area contributed by atoms with Crippen molar-refractivity contribution < 1.29 is 19.1 Å². The molecule has 0 spiro atoms. The Morgan fingerprint density at radius 1 is 1.00 bits per heavy atom. The Kier molecular flexibility index (Phi) is 8.99. The Labute approximate surface area is 230 Å². The van der Waals surface area contributed by atoms with E-state index in [1.54, 1.807) is 30.3 Å². The van der Waals surface area contributed by atoms with Crippen LogP contribution >= 0.6 is 23.2 Å². The normalized spacial score (nSPS) is 13.7. The van der Waals surface area contributed by atoms with Gasteiger partial charge in [-0.3, -0.25) is 14.4 Å². The van der Waals surface area contributed by atoms with Crippen LogP contribution in [0.3, 0.4) is 0 Å². The number of carbonyl (C=O) groups is 3. The van der Waals surface area contributed by atoms with Gasteiger partial charge in [0.05, 0.1) is 27.9 Å². The van der Waals surface area contributed by atoms with Gasteiger partial charge in [0.1, 0.15) is 17.4 Å². The first-order chi connectivity index (χ1) is 18.3. The summed E-state index contributed by atoms with van der Waals surface area (Å²) in [5.41, 5.74) is 8.43. The molecule has 4 N–H and O–H groups in total. The third kappa shape index (κ3) is 6.51. The standard InChI is InChI=1S/C28H28Cl2N4O4/c1-2-21-16(14-31)3-10-22(26(21)38-20-8-6-19(35)7-9-20)27(36)33-24-11-4-17(29)13-23(24)28(37)34-25-12-5-18(30)15-32-25/h3-5,10-13,15,20H,2,6-9,14,31H2,1H3,(H,33,36)(H,32,34,37). The van der Waals surface area contributed by atoms with Crippen molar-refractivity contribution in [1.29, 1.82) is 0 Å². The Balaban J connectivity index is 1.64. The molecule has 1 aromatic heterocycles. The SMILES string of the molecule is CCc1c(CN)ccc(C(=O)Nc2ccc(Cl)cc2C(=O)Nc2ccc(Cl)cn2)c1OC1CCC(=O)CC1. The predicted molar refractivity (Wildman–Crippen MR) is 148 cm³/mol. The number of hydrogen-bond donors (Lipinski definition) is 3. The summed E-state index contributed by atoms with van der Waals surface area (Å²) in [6, 6.07) is 11.3. The fraction of sp³-hybridized carbons (Fsp3) is 0.286. The third-order valence-corrected chi connectivity index (χ3v) is 6.85. The minimum atomic E-state index is -0.506. The van der Waals surface area contributed by atoms with Crippen LogP contribution in [-0.2, 0) is 17.8 Å². The van der Waals surface area contributed by atoms with E-state index in [1.807, 2.05) is 13.0 Å². The lowest BCUT2D eigenvalue weighted by molar-refractivity contribution is -0.121. The van der Waals surface area contributed by atoms with E-state index in [2.05, 4.69) is 15.6 Å². The molecule has 4 rings (SSSR count). The number of nitrogens with two attached hydrogens (primary N) is 1. The number of hydrogen-bond acceptors (Lipinski definition) is 6. The lowest BCUT2D eigenvalue weighted by Crippen LogP contribution is -2.26. The predicted octanol–water partition coefficient (Wildman–Crippen LogP) is 5.80. The Morgan fingerprint density at radius 3 is 2.37 bits per heavy atom. The van der Waals surface area contributed by atoms with Gasteiger partial charge in [0.15, 0.2) is 0 Å². The van der Waals surface area contributed by atoms with E-state index in [1.165, 1.54) is 12.3 Å². The maximum Gasteiger partial charge on any atom is 0.259 e. The van der Waals surface area contributed by atoms with E-state index in [9.17, 15) is 14.4 Å². The molecule has 0 atom stereocenters. The molecule has 2 amide bonds. The van der Waals surface area contributed by atoms with Gasteiger partial charge in [-0.1, -0.05) is 36.2 Å². The van der Waals surface area contributed by atoms with Crippen LogP contribution < -0.4 is 21.1 Å². The van der Waals surface area contributed by atoms with Crippen molar-refractivity contribution >= 4 is 52.3 Å². The number of pyridine rings is 1. The molecule has 198 valence electrons. The number of amides is 2. The highest BCUT2D eigenvalue weighted by atomic mass is 35.5. The number of halogens is 2. The van der Waals surface area contributed by atoms with E-state index in [0.717, 1.165) is 11.1 Å². The van der Waals surface area contributed by atoms with E-state index in [4.69, 9.17) is 33.7 Å². The second kappa shape index (κ2) is 12.4. The fourth-order valence-corrected chi connectivity index (χ4v) is 4.68. The van der Waals surface area contributed by atoms with Gasteiger partial charge in [-0.25, -0.2) is 4.98 Å². The van der Waals surface area contributed by atoms with Crippen LogP contribution in [0.25, 0.3) is 0 Å². The van der Waals surface area contributed by atoms with Crippen LogP contribution in [0.2, 0.25) is 10.0 Å². The molecule has 0 radical (unpaired) electrons. The minimum absolute atomic E-state index is 0.158. The molecule has 1 aliphatic rings. The molecule has 1 heterocycles. The second-order valence-corrected chi connectivity index (χ2v) is 9.83. The number of Topliss-reactive ketones (excluding diaryl/α,β-unsaturated/α-hetero) is 1. The number of benzene rings is 2. The van der Waals surface area contributed by atoms with Crippen LogP contribution in [-0.4, -0.2) is 28.7 Å². The molecule has 1 fully saturated rings. The number of anilines is 2. The first-order valence-electron chi connectivity index (χ1n) is 12.4. The summed E-state index contributed by atoms with van der Waals surface area (Å²) < 4.78 is 6.36. The van der Waals surface area contributed by atoms with E-state index < -0.39 is 11.8 Å². The minimum Gasteiger partial charge on any atom is -0.489 e. The molecule has 0 bridgehead atoms. The quantitative estimate of drug-likeness (QED) is 0.323. The zero-order valence-electron chi connectivity index (χ0n) is 20.9. The lowest BCUT2D eigenvalue weighted by Gasteiger charge is -2.26. The van der Waals surface area contributed by atoms with Crippen molar-refractivity contribution in [3.05, 3.63) is 81.0 Å². The molecule has 0 unspecified atom stereocenters. The number of nitrogens with zero attached hydrogens (tertiary/aromatic N) is 1. The van der Waals surface area contributed by atoms with Crippen molar-refractivity contribution in [3.63, 3.8) is 0 Å². The molecule has 8 nitrogen and oxygen atoms in total. The Morgan fingerprint density at radius 2 is 1.71 bits per heavy atom. The summed E-state index contributed by atoms with van der Waals surface area (Å²) in [5, 5.41) is 6.28. The summed E-state index contributed by atoms with van der Waals surface area (Å²) >= 11 is 12.0. The van der Waals surface area contributed by atoms with Gasteiger partial charge in [0.25, 0.3) is 11.8 Å². The number of rotatable bonds is 8. The number of aromatic nitrogens is 1. The topological polar surface area (TPSA) is 123 Å². The van der Waals surface area contributed by atoms with Crippen molar-refractivity contribution in [2.24, 2.45) is 5.73 Å². The maximum absolute atomic E-state index is 13.6. The van der Waals surface area contributed by atoms with Gasteiger partial charge in [0.2, 0.25) is 0 Å². The Bertz CT molecular complexity index is 1350. The van der Waals surface area contributed by atoms with Gasteiger partial charge in [-0.2, -0.15) is 0 Å². The van der Waals surface area contributed by atoms with Crippen LogP contribution in [0.15, 0.2) is 48.7 Å². The highest BCUT2D eigenvalue weighted by Gasteiger charge is 2.26. The molecule has 3 aromatic rings. The van der Waals surface area contributed by atoms with Crippen molar-refractivity contribution in [1.82, 2.24) is 4.98 Å². The molecule has 10 heteroatoms. The third-order valence-electron chi connectivity index (χ3n) is 6.39. The monoisotopic (exact) mass is 554 g/mol. The number of carbonyl (C=O) groups excluding carboxylic acids is 3. The summed E-state index contributed by atoms with van der Waals surface area (Å²) in [5.74, 6) is 0.0114. The van der Waals surface area contributed by atoms with Crippen molar-refractivity contribution in [2.75, 3.05) is 10.6 Å². The van der Waals surface area contributed by atoms with Crippen LogP contribution in [0.4, 0.5) is 11.5 Å². The van der Waals surface area contributed by atoms with Crippen molar-refractivity contribution in [2.45, 2.75) is 51.7 Å². The largest absolute Gasteiger partial charge is 0.489 e. The molecule has 1 aliphatic carbocycles. The van der Waals surface area contributed by atoms with Gasteiger partial charge in [-0.05, 0) is 66.8 Å². The van der Waals surface area contributed by atoms with Gasteiger partial charge in [0, 0.05) is 30.6 Å². The Hall–Kier alpha value is -3.46. The summed E-state index contributed by atoms with van der Waals surface area (Å²) in [7, 11) is 0. The van der Waals surface area contributed by atoms with E-state index >= 15 is 0 Å². The molecular formula is C28H28Cl2N4O4. The maximum atomic E-state index is 13.6. The van der Waals surface area contributed by atoms with Gasteiger partial charge >= 0.3 is 0 Å². The smallest absolute Gasteiger partial charge is 0.259 e. The highest BCUT2D eigenvalue weighted by molar-refractivity contribution is 6.31. The molecule has 0 aliphatic heterocycles. The van der Waals surface area contributed by atoms with E-state index in [-0.39, 0.29) is 23.1 Å². The van der Waals surface area contributed by atoms with Gasteiger partial charge in [-0.15, -0.1) is 0 Å². The molecule has 38 heavy (non-hydrogen) atoms. The highest BCUT2D eigenvalue weighted by Crippen LogP contribution is 2.33. The summed E-state index contributed by atoms with van der Waals surface area (Å²) in [6.45, 7) is 2.27. The van der Waals surface area contributed by atoms with Crippen LogP contribution in [0.5, 0.6) is 5.75 Å². The van der Waals surface area contributed by atoms with Crippen LogP contribution in [0.1, 0.15) is 64.4 Å². The number of nitrogens with one attached hydrogen (secondary N) is 2.